The van der Waals surface area contributed by atoms with Gasteiger partial charge in [-0.15, -0.1) is 0 Å². The van der Waals surface area contributed by atoms with E-state index in [1.54, 1.807) is 6.07 Å². The minimum absolute atomic E-state index is 0.288. The summed E-state index contributed by atoms with van der Waals surface area (Å²) in [5.41, 5.74) is 2.36. The van der Waals surface area contributed by atoms with E-state index in [9.17, 15) is 5.11 Å². The van der Waals surface area contributed by atoms with Gasteiger partial charge in [0.05, 0.1) is 0 Å². The van der Waals surface area contributed by atoms with Gasteiger partial charge in [-0.2, -0.15) is 0 Å². The van der Waals surface area contributed by atoms with Gasteiger partial charge in [0.1, 0.15) is 5.75 Å². The van der Waals surface area contributed by atoms with Crippen LogP contribution in [0.15, 0.2) is 24.4 Å². The van der Waals surface area contributed by atoms with Crippen molar-refractivity contribution < 1.29 is 5.11 Å². The summed E-state index contributed by atoms with van der Waals surface area (Å²) in [5.74, 6) is 0.318. The van der Waals surface area contributed by atoms with E-state index in [2.05, 4.69) is 23.0 Å². The molecule has 0 aliphatic carbocycles. The lowest BCUT2D eigenvalue weighted by molar-refractivity contribution is 0.476. The van der Waals surface area contributed by atoms with E-state index in [0.717, 1.165) is 10.9 Å². The lowest BCUT2D eigenvalue weighted by Crippen LogP contribution is -2.11. The van der Waals surface area contributed by atoms with Crippen LogP contribution in [0.25, 0.3) is 10.9 Å². The number of hydrogen-bond acceptors (Lipinski definition) is 2. The Morgan fingerprint density at radius 2 is 2.13 bits per heavy atom. The van der Waals surface area contributed by atoms with Crippen LogP contribution in [0.4, 0.5) is 0 Å². The van der Waals surface area contributed by atoms with Crippen molar-refractivity contribution in [3.8, 4) is 5.75 Å². The van der Waals surface area contributed by atoms with Crippen LogP contribution in [0.5, 0.6) is 5.75 Å². The molecule has 15 heavy (non-hydrogen) atoms. The van der Waals surface area contributed by atoms with Gasteiger partial charge in [-0.05, 0) is 37.7 Å². The topological polar surface area (TPSA) is 37.2 Å². The molecule has 80 valence electrons. The predicted octanol–water partition coefficient (Wildman–Crippen LogP) is 2.16. The van der Waals surface area contributed by atoms with Gasteiger partial charge in [-0.3, -0.25) is 0 Å². The van der Waals surface area contributed by atoms with Gasteiger partial charge in [-0.1, -0.05) is 0 Å². The molecule has 0 aliphatic heterocycles. The lowest BCUT2D eigenvalue weighted by atomic mass is 10.1. The number of hydrogen-bond donors (Lipinski definition) is 2. The minimum Gasteiger partial charge on any atom is -0.508 e. The third kappa shape index (κ3) is 1.59. The molecule has 0 saturated heterocycles. The number of aryl methyl sites for hydroxylation is 1. The Morgan fingerprint density at radius 1 is 1.40 bits per heavy atom. The number of benzene rings is 1. The van der Waals surface area contributed by atoms with E-state index < -0.39 is 0 Å². The highest BCUT2D eigenvalue weighted by atomic mass is 16.3. The molecule has 3 heteroatoms. The standard InChI is InChI=1S/C12H16N2O/c1-8(13-2)11-7-14(3)12-5-4-9(15)6-10(11)12/h4-8,13,15H,1-3H3. The monoisotopic (exact) mass is 204 g/mol. The average Bonchev–Trinajstić information content (AvgIpc) is 2.54. The number of aromatic nitrogens is 1. The molecule has 1 aromatic carbocycles. The Kier molecular flexibility index (Phi) is 2.40. The second-order valence-corrected chi connectivity index (χ2v) is 3.91. The zero-order valence-corrected chi connectivity index (χ0v) is 9.28. The summed E-state index contributed by atoms with van der Waals surface area (Å²) in [7, 11) is 3.96. The number of rotatable bonds is 2. The summed E-state index contributed by atoms with van der Waals surface area (Å²) in [6, 6.07) is 5.76. The summed E-state index contributed by atoms with van der Waals surface area (Å²) >= 11 is 0. The predicted molar refractivity (Wildman–Crippen MR) is 62.1 cm³/mol. The first-order valence-electron chi connectivity index (χ1n) is 5.08. The first kappa shape index (κ1) is 10.1. The molecular weight excluding hydrogens is 188 g/mol. The normalized spacial score (nSPS) is 13.3. The van der Waals surface area contributed by atoms with Crippen LogP contribution in [-0.4, -0.2) is 16.7 Å². The van der Waals surface area contributed by atoms with Gasteiger partial charge in [-0.25, -0.2) is 0 Å². The lowest BCUT2D eigenvalue weighted by Gasteiger charge is -2.08. The molecule has 1 atom stereocenters. The van der Waals surface area contributed by atoms with Crippen LogP contribution < -0.4 is 5.32 Å². The van der Waals surface area contributed by atoms with Crippen LogP contribution in [0.3, 0.4) is 0 Å². The number of fused-ring (bicyclic) bond motifs is 1. The highest BCUT2D eigenvalue weighted by Gasteiger charge is 2.11. The number of phenols is 1. The van der Waals surface area contributed by atoms with Crippen molar-refractivity contribution in [1.29, 1.82) is 0 Å². The molecule has 0 aliphatic rings. The zero-order chi connectivity index (χ0) is 11.0. The van der Waals surface area contributed by atoms with E-state index in [0.29, 0.717) is 5.75 Å². The maximum absolute atomic E-state index is 9.49. The number of phenolic OH excluding ortho intramolecular Hbond substituents is 1. The molecule has 3 nitrogen and oxygen atoms in total. The summed E-state index contributed by atoms with van der Waals surface area (Å²) < 4.78 is 2.08. The molecule has 0 saturated carbocycles. The second kappa shape index (κ2) is 3.59. The second-order valence-electron chi connectivity index (χ2n) is 3.91. The molecule has 2 rings (SSSR count). The Hall–Kier alpha value is -1.48. The van der Waals surface area contributed by atoms with E-state index in [1.165, 1.54) is 5.56 Å². The fourth-order valence-corrected chi connectivity index (χ4v) is 1.91. The van der Waals surface area contributed by atoms with Gasteiger partial charge in [0.2, 0.25) is 0 Å². The zero-order valence-electron chi connectivity index (χ0n) is 9.28. The van der Waals surface area contributed by atoms with E-state index in [1.807, 2.05) is 26.2 Å². The van der Waals surface area contributed by atoms with Crippen LogP contribution in [0.1, 0.15) is 18.5 Å². The largest absolute Gasteiger partial charge is 0.508 e. The molecule has 0 bridgehead atoms. The van der Waals surface area contributed by atoms with Crippen LogP contribution in [0.2, 0.25) is 0 Å². The summed E-state index contributed by atoms with van der Waals surface area (Å²) in [6.07, 6.45) is 2.10. The minimum atomic E-state index is 0.288. The molecule has 0 spiro atoms. The Morgan fingerprint density at radius 3 is 2.80 bits per heavy atom. The molecule has 2 N–H and O–H groups in total. The molecule has 2 aromatic rings. The van der Waals surface area contributed by atoms with Crippen molar-refractivity contribution >= 4 is 10.9 Å². The van der Waals surface area contributed by atoms with Crippen LogP contribution >= 0.6 is 0 Å². The van der Waals surface area contributed by atoms with Crippen molar-refractivity contribution in [2.45, 2.75) is 13.0 Å². The smallest absolute Gasteiger partial charge is 0.116 e. The molecule has 0 radical (unpaired) electrons. The first-order chi connectivity index (χ1) is 7.13. The van der Waals surface area contributed by atoms with Crippen molar-refractivity contribution in [2.24, 2.45) is 7.05 Å². The molecule has 1 aromatic heterocycles. The maximum atomic E-state index is 9.49. The fraction of sp³-hybridized carbons (Fsp3) is 0.333. The quantitative estimate of drug-likeness (QED) is 0.786. The van der Waals surface area contributed by atoms with E-state index in [-0.39, 0.29) is 6.04 Å². The van der Waals surface area contributed by atoms with Crippen LogP contribution in [-0.2, 0) is 7.05 Å². The number of nitrogens with zero attached hydrogens (tertiary/aromatic N) is 1. The van der Waals surface area contributed by atoms with E-state index in [4.69, 9.17) is 0 Å². The van der Waals surface area contributed by atoms with Crippen molar-refractivity contribution in [2.75, 3.05) is 7.05 Å². The summed E-state index contributed by atoms with van der Waals surface area (Å²) in [6.45, 7) is 2.11. The van der Waals surface area contributed by atoms with Gasteiger partial charge in [0.25, 0.3) is 0 Å². The molecular formula is C12H16N2O. The van der Waals surface area contributed by atoms with Crippen molar-refractivity contribution in [3.05, 3.63) is 30.0 Å². The fourth-order valence-electron chi connectivity index (χ4n) is 1.91. The summed E-state index contributed by atoms with van der Waals surface area (Å²) in [4.78, 5) is 0. The number of aromatic hydroxyl groups is 1. The third-order valence-corrected chi connectivity index (χ3v) is 2.90. The maximum Gasteiger partial charge on any atom is 0.116 e. The highest BCUT2D eigenvalue weighted by Crippen LogP contribution is 2.28. The average molecular weight is 204 g/mol. The SMILES string of the molecule is CNC(C)c1cn(C)c2ccc(O)cc12. The van der Waals surface area contributed by atoms with Gasteiger partial charge in [0.15, 0.2) is 0 Å². The Bertz CT molecular complexity index is 488. The summed E-state index contributed by atoms with van der Waals surface area (Å²) in [5, 5.41) is 13.8. The highest BCUT2D eigenvalue weighted by molar-refractivity contribution is 5.85. The van der Waals surface area contributed by atoms with Crippen LogP contribution in [0, 0.1) is 0 Å². The van der Waals surface area contributed by atoms with Gasteiger partial charge in [0, 0.05) is 30.2 Å². The van der Waals surface area contributed by atoms with E-state index >= 15 is 0 Å². The van der Waals surface area contributed by atoms with Crippen molar-refractivity contribution in [3.63, 3.8) is 0 Å². The number of nitrogens with one attached hydrogen (secondary N) is 1. The molecule has 1 heterocycles. The van der Waals surface area contributed by atoms with Gasteiger partial charge < -0.3 is 15.0 Å². The molecule has 0 amide bonds. The first-order valence-corrected chi connectivity index (χ1v) is 5.08. The third-order valence-electron chi connectivity index (χ3n) is 2.90. The van der Waals surface area contributed by atoms with Crippen molar-refractivity contribution in [1.82, 2.24) is 9.88 Å². The van der Waals surface area contributed by atoms with Gasteiger partial charge >= 0.3 is 0 Å². The Labute approximate surface area is 89.3 Å². The molecule has 0 fully saturated rings. The Balaban J connectivity index is 2.69. The molecule has 1 unspecified atom stereocenters.